The number of pyridine rings is 1. The molecule has 0 spiro atoms. The van der Waals surface area contributed by atoms with Gasteiger partial charge in [-0.1, -0.05) is 0 Å². The Bertz CT molecular complexity index is 236. The Morgan fingerprint density at radius 3 is 2.80 bits per heavy atom. The van der Waals surface area contributed by atoms with E-state index in [0.717, 1.165) is 9.26 Å². The summed E-state index contributed by atoms with van der Waals surface area (Å²) in [4.78, 5) is 4.15. The molecule has 0 aromatic carbocycles. The number of hydrogen-bond donors (Lipinski definition) is 2. The number of aromatic nitrogens is 1. The van der Waals surface area contributed by atoms with Crippen molar-refractivity contribution in [3.05, 3.63) is 21.4 Å². The van der Waals surface area contributed by atoms with E-state index in [0.29, 0.717) is 5.82 Å². The molecule has 54 valence electrons. The Labute approximate surface area is 73.1 Å². The summed E-state index contributed by atoms with van der Waals surface area (Å²) in [5.74, 6) is 5.86. The largest absolute Gasteiger partial charge is 0.308 e. The molecule has 0 aliphatic carbocycles. The van der Waals surface area contributed by atoms with Crippen LogP contribution in [0, 0.1) is 10.5 Å². The Hall–Kier alpha value is -0.360. The Morgan fingerprint density at radius 2 is 2.30 bits per heavy atom. The SMILES string of the molecule is Cc1nc(NN)ccc1I. The first-order valence-electron chi connectivity index (χ1n) is 2.84. The van der Waals surface area contributed by atoms with E-state index >= 15 is 0 Å². The van der Waals surface area contributed by atoms with Gasteiger partial charge in [-0.25, -0.2) is 10.8 Å². The molecule has 0 unspecified atom stereocenters. The van der Waals surface area contributed by atoms with E-state index in [1.165, 1.54) is 0 Å². The summed E-state index contributed by atoms with van der Waals surface area (Å²) in [5, 5.41) is 0. The lowest BCUT2D eigenvalue weighted by molar-refractivity contribution is 1.14. The molecule has 3 N–H and O–H groups in total. The molecule has 0 fully saturated rings. The zero-order valence-electron chi connectivity index (χ0n) is 5.56. The van der Waals surface area contributed by atoms with Crippen LogP contribution in [-0.4, -0.2) is 4.98 Å². The third-order valence-electron chi connectivity index (χ3n) is 1.17. The summed E-state index contributed by atoms with van der Waals surface area (Å²) in [6, 6.07) is 3.81. The second kappa shape index (κ2) is 3.16. The Balaban J connectivity index is 3.04. The molecule has 1 rings (SSSR count). The fourth-order valence-electron chi connectivity index (χ4n) is 0.624. The van der Waals surface area contributed by atoms with E-state index in [-0.39, 0.29) is 0 Å². The molecule has 3 nitrogen and oxygen atoms in total. The van der Waals surface area contributed by atoms with Gasteiger partial charge >= 0.3 is 0 Å². The van der Waals surface area contributed by atoms with Gasteiger partial charge in [0.25, 0.3) is 0 Å². The second-order valence-corrected chi connectivity index (χ2v) is 3.07. The maximum absolute atomic E-state index is 5.15. The molecule has 0 saturated carbocycles. The number of nitrogens with one attached hydrogen (secondary N) is 1. The standard InChI is InChI=1S/C6H8IN3/c1-4-5(7)2-3-6(9-4)10-8/h2-3H,8H2,1H3,(H,9,10). The first kappa shape index (κ1) is 7.74. The number of nitrogen functional groups attached to an aromatic ring is 1. The maximum atomic E-state index is 5.15. The molecule has 0 aliphatic heterocycles. The van der Waals surface area contributed by atoms with Crippen LogP contribution in [-0.2, 0) is 0 Å². The van der Waals surface area contributed by atoms with Crippen molar-refractivity contribution < 1.29 is 0 Å². The zero-order chi connectivity index (χ0) is 7.56. The van der Waals surface area contributed by atoms with E-state index in [9.17, 15) is 0 Å². The molecule has 0 bridgehead atoms. The van der Waals surface area contributed by atoms with Crippen molar-refractivity contribution >= 4 is 28.4 Å². The first-order chi connectivity index (χ1) is 4.74. The van der Waals surface area contributed by atoms with E-state index in [4.69, 9.17) is 5.84 Å². The summed E-state index contributed by atoms with van der Waals surface area (Å²) >= 11 is 2.23. The quantitative estimate of drug-likeness (QED) is 0.448. The summed E-state index contributed by atoms with van der Waals surface area (Å²) in [6.07, 6.45) is 0. The third kappa shape index (κ3) is 1.57. The highest BCUT2D eigenvalue weighted by atomic mass is 127. The molecular weight excluding hydrogens is 241 g/mol. The fraction of sp³-hybridized carbons (Fsp3) is 0.167. The average molecular weight is 249 g/mol. The molecule has 1 heterocycles. The van der Waals surface area contributed by atoms with E-state index in [1.54, 1.807) is 0 Å². The van der Waals surface area contributed by atoms with E-state index < -0.39 is 0 Å². The van der Waals surface area contributed by atoms with E-state index in [1.807, 2.05) is 19.1 Å². The number of halogens is 1. The number of rotatable bonds is 1. The van der Waals surface area contributed by atoms with Crippen molar-refractivity contribution in [3.8, 4) is 0 Å². The van der Waals surface area contributed by atoms with Gasteiger partial charge in [0.1, 0.15) is 5.82 Å². The smallest absolute Gasteiger partial charge is 0.140 e. The number of aryl methyl sites for hydroxylation is 1. The van der Waals surface area contributed by atoms with Crippen LogP contribution in [0.5, 0.6) is 0 Å². The van der Waals surface area contributed by atoms with Crippen LogP contribution in [0.4, 0.5) is 5.82 Å². The molecule has 0 saturated heterocycles. The number of nitrogens with zero attached hydrogens (tertiary/aromatic N) is 1. The summed E-state index contributed by atoms with van der Waals surface area (Å²) in [6.45, 7) is 1.95. The van der Waals surface area contributed by atoms with Crippen molar-refractivity contribution in [3.63, 3.8) is 0 Å². The predicted octanol–water partition coefficient (Wildman–Crippen LogP) is 1.28. The minimum atomic E-state index is 0.706. The van der Waals surface area contributed by atoms with Crippen molar-refractivity contribution in [1.29, 1.82) is 0 Å². The maximum Gasteiger partial charge on any atom is 0.140 e. The van der Waals surface area contributed by atoms with Crippen LogP contribution < -0.4 is 11.3 Å². The van der Waals surface area contributed by atoms with Gasteiger partial charge in [0.05, 0.1) is 5.69 Å². The number of hydrogen-bond acceptors (Lipinski definition) is 3. The third-order valence-corrected chi connectivity index (χ3v) is 2.31. The monoisotopic (exact) mass is 249 g/mol. The van der Waals surface area contributed by atoms with Crippen molar-refractivity contribution in [2.75, 3.05) is 5.43 Å². The van der Waals surface area contributed by atoms with Crippen LogP contribution in [0.2, 0.25) is 0 Å². The van der Waals surface area contributed by atoms with Crippen LogP contribution in [0.15, 0.2) is 12.1 Å². The summed E-state index contributed by atoms with van der Waals surface area (Å²) in [5.41, 5.74) is 3.48. The molecule has 0 atom stereocenters. The number of anilines is 1. The second-order valence-electron chi connectivity index (χ2n) is 1.91. The highest BCUT2D eigenvalue weighted by Gasteiger charge is 1.95. The van der Waals surface area contributed by atoms with Crippen LogP contribution in [0.3, 0.4) is 0 Å². The Morgan fingerprint density at radius 1 is 1.60 bits per heavy atom. The highest BCUT2D eigenvalue weighted by molar-refractivity contribution is 14.1. The van der Waals surface area contributed by atoms with Crippen LogP contribution in [0.1, 0.15) is 5.69 Å². The van der Waals surface area contributed by atoms with Gasteiger partial charge in [0.2, 0.25) is 0 Å². The molecule has 4 heteroatoms. The van der Waals surface area contributed by atoms with Gasteiger partial charge in [0.15, 0.2) is 0 Å². The lowest BCUT2D eigenvalue weighted by atomic mass is 10.4. The molecule has 0 radical (unpaired) electrons. The van der Waals surface area contributed by atoms with Gasteiger partial charge in [-0.3, -0.25) is 0 Å². The van der Waals surface area contributed by atoms with Gasteiger partial charge in [-0.2, -0.15) is 0 Å². The van der Waals surface area contributed by atoms with Gasteiger partial charge in [-0.15, -0.1) is 0 Å². The van der Waals surface area contributed by atoms with Gasteiger partial charge in [-0.05, 0) is 41.6 Å². The Kier molecular flexibility index (Phi) is 2.44. The van der Waals surface area contributed by atoms with Gasteiger partial charge < -0.3 is 5.43 Å². The van der Waals surface area contributed by atoms with E-state index in [2.05, 4.69) is 33.0 Å². The number of nitrogens with two attached hydrogens (primary N) is 1. The number of hydrazine groups is 1. The molecule has 10 heavy (non-hydrogen) atoms. The topological polar surface area (TPSA) is 50.9 Å². The van der Waals surface area contributed by atoms with Crippen molar-refractivity contribution in [2.45, 2.75) is 6.92 Å². The normalized spacial score (nSPS) is 9.50. The molecule has 1 aromatic rings. The minimum absolute atomic E-state index is 0.706. The lowest BCUT2D eigenvalue weighted by Crippen LogP contribution is -2.08. The highest BCUT2D eigenvalue weighted by Crippen LogP contribution is 2.10. The molecule has 0 amide bonds. The van der Waals surface area contributed by atoms with Crippen molar-refractivity contribution in [2.24, 2.45) is 5.84 Å². The molecule has 1 aromatic heterocycles. The molecular formula is C6H8IN3. The summed E-state index contributed by atoms with van der Waals surface area (Å²) in [7, 11) is 0. The summed E-state index contributed by atoms with van der Waals surface area (Å²) < 4.78 is 1.15. The van der Waals surface area contributed by atoms with Gasteiger partial charge in [0, 0.05) is 3.57 Å². The fourth-order valence-corrected chi connectivity index (χ4v) is 0.925. The first-order valence-corrected chi connectivity index (χ1v) is 3.91. The lowest BCUT2D eigenvalue weighted by Gasteiger charge is -2.00. The van der Waals surface area contributed by atoms with Crippen LogP contribution >= 0.6 is 22.6 Å². The zero-order valence-corrected chi connectivity index (χ0v) is 7.71. The van der Waals surface area contributed by atoms with Crippen LogP contribution in [0.25, 0.3) is 0 Å². The average Bonchev–Trinajstić information content (AvgIpc) is 1.95. The minimum Gasteiger partial charge on any atom is -0.308 e. The van der Waals surface area contributed by atoms with Crippen molar-refractivity contribution in [1.82, 2.24) is 4.98 Å². The predicted molar refractivity (Wildman–Crippen MR) is 49.5 cm³/mol. The molecule has 0 aliphatic rings.